The van der Waals surface area contributed by atoms with Crippen molar-refractivity contribution in [1.82, 2.24) is 10.2 Å². The second-order valence-corrected chi connectivity index (χ2v) is 5.04. The smallest absolute Gasteiger partial charge is 0.276 e. The first-order valence-electron chi connectivity index (χ1n) is 6.48. The molecule has 0 unspecified atom stereocenters. The molecule has 0 saturated heterocycles. The van der Waals surface area contributed by atoms with E-state index >= 15 is 0 Å². The molecule has 20 heavy (non-hydrogen) atoms. The van der Waals surface area contributed by atoms with Crippen LogP contribution in [0.4, 0.5) is 0 Å². The van der Waals surface area contributed by atoms with Gasteiger partial charge in [0.1, 0.15) is 5.75 Å². The first-order valence-corrected chi connectivity index (χ1v) is 7.47. The summed E-state index contributed by atoms with van der Waals surface area (Å²) in [6.07, 6.45) is 0.572. The Morgan fingerprint density at radius 2 is 2.10 bits per heavy atom. The molecule has 0 radical (unpaired) electrons. The summed E-state index contributed by atoms with van der Waals surface area (Å²) in [5.74, 6) is 2.23. The van der Waals surface area contributed by atoms with Crippen LogP contribution in [0.15, 0.2) is 33.9 Å². The summed E-state index contributed by atoms with van der Waals surface area (Å²) in [5, 5.41) is 8.65. The van der Waals surface area contributed by atoms with Gasteiger partial charge in [-0.05, 0) is 13.0 Å². The number of ether oxygens (including phenoxy) is 2. The fourth-order valence-corrected chi connectivity index (χ4v) is 2.34. The van der Waals surface area contributed by atoms with Gasteiger partial charge in [-0.25, -0.2) is 0 Å². The molecular weight excluding hydrogens is 276 g/mol. The lowest BCUT2D eigenvalue weighted by Gasteiger charge is -2.05. The number of nitrogens with zero attached hydrogens (tertiary/aromatic N) is 2. The van der Waals surface area contributed by atoms with Gasteiger partial charge in [-0.15, -0.1) is 10.2 Å². The molecule has 0 fully saturated rings. The lowest BCUT2D eigenvalue weighted by molar-refractivity contribution is 0.164. The number of para-hydroxylation sites is 1. The SMILES string of the molecule is CCOCCSc1nnc(Cc2ccccc2OC)o1. The Bertz CT molecular complexity index is 531. The Hall–Kier alpha value is -1.53. The van der Waals surface area contributed by atoms with Gasteiger partial charge in [0.05, 0.1) is 20.1 Å². The molecule has 0 saturated carbocycles. The Kier molecular flexibility index (Phi) is 5.88. The van der Waals surface area contributed by atoms with Crippen molar-refractivity contribution in [3.05, 3.63) is 35.7 Å². The molecule has 5 nitrogen and oxygen atoms in total. The van der Waals surface area contributed by atoms with E-state index < -0.39 is 0 Å². The first kappa shape index (κ1) is 14.9. The van der Waals surface area contributed by atoms with Crippen LogP contribution in [0.3, 0.4) is 0 Å². The van der Waals surface area contributed by atoms with Crippen LogP contribution in [-0.2, 0) is 11.2 Å². The van der Waals surface area contributed by atoms with E-state index in [0.717, 1.165) is 23.7 Å². The van der Waals surface area contributed by atoms with Crippen molar-refractivity contribution in [1.29, 1.82) is 0 Å². The second-order valence-electron chi connectivity index (χ2n) is 4.00. The van der Waals surface area contributed by atoms with E-state index in [1.54, 1.807) is 7.11 Å². The van der Waals surface area contributed by atoms with Crippen LogP contribution in [0.25, 0.3) is 0 Å². The molecule has 0 spiro atoms. The van der Waals surface area contributed by atoms with Crippen LogP contribution in [0.5, 0.6) is 5.75 Å². The zero-order valence-corrected chi connectivity index (χ0v) is 12.5. The summed E-state index contributed by atoms with van der Waals surface area (Å²) in [6, 6.07) is 7.81. The highest BCUT2D eigenvalue weighted by molar-refractivity contribution is 7.99. The zero-order valence-electron chi connectivity index (χ0n) is 11.7. The van der Waals surface area contributed by atoms with E-state index in [1.165, 1.54) is 11.8 Å². The van der Waals surface area contributed by atoms with Crippen LogP contribution in [0.2, 0.25) is 0 Å². The molecule has 0 amide bonds. The van der Waals surface area contributed by atoms with Gasteiger partial charge in [0.25, 0.3) is 5.22 Å². The average molecular weight is 294 g/mol. The number of hydrogen-bond acceptors (Lipinski definition) is 6. The number of rotatable bonds is 8. The van der Waals surface area contributed by atoms with Crippen LogP contribution in [-0.4, -0.2) is 36.3 Å². The van der Waals surface area contributed by atoms with Crippen molar-refractivity contribution in [3.8, 4) is 5.75 Å². The lowest BCUT2D eigenvalue weighted by Crippen LogP contribution is -1.95. The summed E-state index contributed by atoms with van der Waals surface area (Å²) in [4.78, 5) is 0. The summed E-state index contributed by atoms with van der Waals surface area (Å²) in [5.41, 5.74) is 1.03. The van der Waals surface area contributed by atoms with E-state index in [-0.39, 0.29) is 0 Å². The van der Waals surface area contributed by atoms with Crippen LogP contribution < -0.4 is 4.74 Å². The average Bonchev–Trinajstić information content (AvgIpc) is 2.92. The Morgan fingerprint density at radius 3 is 2.90 bits per heavy atom. The maximum Gasteiger partial charge on any atom is 0.276 e. The highest BCUT2D eigenvalue weighted by atomic mass is 32.2. The molecule has 0 atom stereocenters. The maximum atomic E-state index is 5.60. The minimum Gasteiger partial charge on any atom is -0.496 e. The molecule has 0 N–H and O–H groups in total. The van der Waals surface area contributed by atoms with Gasteiger partial charge in [-0.3, -0.25) is 0 Å². The number of methoxy groups -OCH3 is 1. The molecule has 1 aromatic carbocycles. The van der Waals surface area contributed by atoms with Gasteiger partial charge in [-0.1, -0.05) is 30.0 Å². The van der Waals surface area contributed by atoms with E-state index in [1.807, 2.05) is 31.2 Å². The number of thioether (sulfide) groups is 1. The zero-order chi connectivity index (χ0) is 14.2. The molecule has 0 aliphatic rings. The number of hydrogen-bond donors (Lipinski definition) is 0. The number of aromatic nitrogens is 2. The van der Waals surface area contributed by atoms with Crippen molar-refractivity contribution in [2.75, 3.05) is 26.1 Å². The summed E-state index contributed by atoms with van der Waals surface area (Å²) >= 11 is 1.51. The maximum absolute atomic E-state index is 5.60. The predicted octanol–water partition coefficient (Wildman–Crippen LogP) is 2.80. The van der Waals surface area contributed by atoms with Crippen molar-refractivity contribution in [2.45, 2.75) is 18.6 Å². The van der Waals surface area contributed by atoms with Gasteiger partial charge in [0.15, 0.2) is 0 Å². The minimum absolute atomic E-state index is 0.572. The summed E-state index contributed by atoms with van der Waals surface area (Å²) < 4.78 is 16.2. The highest BCUT2D eigenvalue weighted by Gasteiger charge is 2.10. The molecule has 108 valence electrons. The number of benzene rings is 1. The standard InChI is InChI=1S/C14H18N2O3S/c1-3-18-8-9-20-14-16-15-13(19-14)10-11-6-4-5-7-12(11)17-2/h4-7H,3,8-10H2,1-2H3. The van der Waals surface area contributed by atoms with Crippen molar-refractivity contribution >= 4 is 11.8 Å². The fourth-order valence-electron chi connectivity index (χ4n) is 1.71. The fraction of sp³-hybridized carbons (Fsp3) is 0.429. The molecule has 0 bridgehead atoms. The van der Waals surface area contributed by atoms with Crippen LogP contribution >= 0.6 is 11.8 Å². The highest BCUT2D eigenvalue weighted by Crippen LogP contribution is 2.22. The van der Waals surface area contributed by atoms with Crippen LogP contribution in [0.1, 0.15) is 18.4 Å². The first-order chi connectivity index (χ1) is 9.83. The Morgan fingerprint density at radius 1 is 1.25 bits per heavy atom. The van der Waals surface area contributed by atoms with Gasteiger partial charge in [0.2, 0.25) is 5.89 Å². The van der Waals surface area contributed by atoms with Gasteiger partial charge in [-0.2, -0.15) is 0 Å². The van der Waals surface area contributed by atoms with Gasteiger partial charge < -0.3 is 13.9 Å². The predicted molar refractivity (Wildman–Crippen MR) is 77.3 cm³/mol. The molecule has 0 aliphatic carbocycles. The molecule has 0 aliphatic heterocycles. The Labute approximate surface area is 122 Å². The third-order valence-corrected chi connectivity index (χ3v) is 3.42. The summed E-state index contributed by atoms with van der Waals surface area (Å²) in [6.45, 7) is 3.39. The monoisotopic (exact) mass is 294 g/mol. The molecule has 2 rings (SSSR count). The third kappa shape index (κ3) is 4.25. The molecule has 2 aromatic rings. The molecule has 6 heteroatoms. The lowest BCUT2D eigenvalue weighted by atomic mass is 10.1. The van der Waals surface area contributed by atoms with Crippen molar-refractivity contribution < 1.29 is 13.9 Å². The topological polar surface area (TPSA) is 57.4 Å². The molecule has 1 aromatic heterocycles. The normalized spacial score (nSPS) is 10.7. The third-order valence-electron chi connectivity index (χ3n) is 2.64. The molecular formula is C14H18N2O3S. The summed E-state index contributed by atoms with van der Waals surface area (Å²) in [7, 11) is 1.65. The van der Waals surface area contributed by atoms with Crippen molar-refractivity contribution in [3.63, 3.8) is 0 Å². The van der Waals surface area contributed by atoms with E-state index in [9.17, 15) is 0 Å². The van der Waals surface area contributed by atoms with Crippen LogP contribution in [0, 0.1) is 0 Å². The van der Waals surface area contributed by atoms with E-state index in [4.69, 9.17) is 13.9 Å². The Balaban J connectivity index is 1.92. The van der Waals surface area contributed by atoms with Gasteiger partial charge >= 0.3 is 0 Å². The van der Waals surface area contributed by atoms with E-state index in [2.05, 4.69) is 10.2 Å². The van der Waals surface area contributed by atoms with Gasteiger partial charge in [0, 0.05) is 17.9 Å². The van der Waals surface area contributed by atoms with E-state index in [0.29, 0.717) is 24.1 Å². The molecule has 1 heterocycles. The van der Waals surface area contributed by atoms with Crippen molar-refractivity contribution in [2.24, 2.45) is 0 Å². The second kappa shape index (κ2) is 7.91. The largest absolute Gasteiger partial charge is 0.496 e. The quantitative estimate of drug-likeness (QED) is 0.551. The minimum atomic E-state index is 0.572.